The topological polar surface area (TPSA) is 75.7 Å². The van der Waals surface area contributed by atoms with Crippen LogP contribution in [0.15, 0.2) is 59.5 Å². The molecule has 30 heavy (non-hydrogen) atoms. The summed E-state index contributed by atoms with van der Waals surface area (Å²) >= 11 is 0. The first-order chi connectivity index (χ1) is 14.5. The summed E-state index contributed by atoms with van der Waals surface area (Å²) in [5.41, 5.74) is 0.830. The fraction of sp³-hybridized carbons (Fsp3) is 0.435. The first-order valence-corrected chi connectivity index (χ1v) is 11.9. The Morgan fingerprint density at radius 1 is 1.00 bits per heavy atom. The van der Waals surface area contributed by atoms with Gasteiger partial charge in [-0.05, 0) is 42.7 Å². The molecule has 1 aliphatic carbocycles. The molecule has 2 aromatic rings. The van der Waals surface area contributed by atoms with E-state index in [-0.39, 0.29) is 29.9 Å². The maximum absolute atomic E-state index is 13.3. The Morgan fingerprint density at radius 3 is 2.23 bits per heavy atom. The van der Waals surface area contributed by atoms with Gasteiger partial charge in [-0.15, -0.1) is 0 Å². The molecule has 3 rings (SSSR count). The maximum Gasteiger partial charge on any atom is 0.243 e. The molecule has 162 valence electrons. The van der Waals surface area contributed by atoms with Gasteiger partial charge >= 0.3 is 0 Å². The van der Waals surface area contributed by atoms with Gasteiger partial charge in [-0.1, -0.05) is 56.0 Å². The Balaban J connectivity index is 1.79. The lowest BCUT2D eigenvalue weighted by atomic mass is 10.1. The van der Waals surface area contributed by atoms with E-state index in [1.165, 1.54) is 36.4 Å². The highest BCUT2D eigenvalue weighted by Crippen LogP contribution is 2.22. The summed E-state index contributed by atoms with van der Waals surface area (Å²) < 4.78 is 33.0. The highest BCUT2D eigenvalue weighted by molar-refractivity contribution is 7.89. The zero-order chi connectivity index (χ0) is 21.4. The molecule has 1 saturated carbocycles. The van der Waals surface area contributed by atoms with E-state index in [2.05, 4.69) is 5.32 Å². The van der Waals surface area contributed by atoms with E-state index in [0.29, 0.717) is 5.75 Å². The maximum atomic E-state index is 13.3. The number of hydrogen-bond donors (Lipinski definition) is 1. The minimum atomic E-state index is -3.85. The van der Waals surface area contributed by atoms with Crippen LogP contribution >= 0.6 is 0 Å². The summed E-state index contributed by atoms with van der Waals surface area (Å²) in [5, 5.41) is 3.05. The molecule has 0 heterocycles. The van der Waals surface area contributed by atoms with Crippen molar-refractivity contribution in [3.8, 4) is 5.75 Å². The number of benzene rings is 2. The van der Waals surface area contributed by atoms with E-state index in [4.69, 9.17) is 4.74 Å². The molecular weight excluding hydrogens is 400 g/mol. The number of carbonyl (C=O) groups is 1. The summed E-state index contributed by atoms with van der Waals surface area (Å²) in [6, 6.07) is 15.7. The zero-order valence-electron chi connectivity index (χ0n) is 17.4. The van der Waals surface area contributed by atoms with E-state index in [0.717, 1.165) is 31.2 Å². The second-order valence-corrected chi connectivity index (χ2v) is 9.63. The number of methoxy groups -OCH3 is 1. The summed E-state index contributed by atoms with van der Waals surface area (Å²) in [5.74, 6) is 0.324. The second kappa shape index (κ2) is 10.6. The SMILES string of the molecule is COc1ccc(S(=O)(=O)N(CC(=O)NC2CCCCCC2)Cc2ccccc2)cc1. The summed E-state index contributed by atoms with van der Waals surface area (Å²) in [6.07, 6.45) is 6.49. The van der Waals surface area contributed by atoms with Gasteiger partial charge < -0.3 is 10.1 Å². The number of nitrogens with one attached hydrogen (secondary N) is 1. The molecular formula is C23H30N2O4S. The first kappa shape index (κ1) is 22.3. The molecule has 0 radical (unpaired) electrons. The van der Waals surface area contributed by atoms with Crippen molar-refractivity contribution >= 4 is 15.9 Å². The van der Waals surface area contributed by atoms with Crippen LogP contribution in [0.1, 0.15) is 44.1 Å². The number of amides is 1. The normalized spacial score (nSPS) is 15.5. The van der Waals surface area contributed by atoms with Crippen LogP contribution in [0.3, 0.4) is 0 Å². The predicted molar refractivity (Wildman–Crippen MR) is 117 cm³/mol. The Bertz CT molecular complexity index is 906. The lowest BCUT2D eigenvalue weighted by molar-refractivity contribution is -0.122. The van der Waals surface area contributed by atoms with Crippen molar-refractivity contribution in [3.05, 3.63) is 60.2 Å². The molecule has 0 aromatic heterocycles. The van der Waals surface area contributed by atoms with Crippen molar-refractivity contribution in [2.24, 2.45) is 0 Å². The van der Waals surface area contributed by atoms with Gasteiger partial charge in [0.15, 0.2) is 0 Å². The summed E-state index contributed by atoms with van der Waals surface area (Å²) in [6.45, 7) is -0.0763. The van der Waals surface area contributed by atoms with Gasteiger partial charge in [0.05, 0.1) is 18.6 Å². The van der Waals surface area contributed by atoms with E-state index < -0.39 is 10.0 Å². The van der Waals surface area contributed by atoms with E-state index >= 15 is 0 Å². The summed E-state index contributed by atoms with van der Waals surface area (Å²) in [4.78, 5) is 12.9. The molecule has 2 aromatic carbocycles. The molecule has 1 fully saturated rings. The number of rotatable bonds is 8. The molecule has 0 spiro atoms. The van der Waals surface area contributed by atoms with Crippen LogP contribution in [0.2, 0.25) is 0 Å². The average Bonchev–Trinajstić information content (AvgIpc) is 3.02. The Labute approximate surface area is 179 Å². The van der Waals surface area contributed by atoms with Gasteiger partial charge in [0.2, 0.25) is 15.9 Å². The lowest BCUT2D eigenvalue weighted by Gasteiger charge is -2.24. The van der Waals surface area contributed by atoms with Gasteiger partial charge in [0.1, 0.15) is 5.75 Å². The molecule has 6 nitrogen and oxygen atoms in total. The van der Waals surface area contributed by atoms with Crippen LogP contribution < -0.4 is 10.1 Å². The largest absolute Gasteiger partial charge is 0.497 e. The van der Waals surface area contributed by atoms with Gasteiger partial charge in [0.25, 0.3) is 0 Å². The molecule has 0 saturated heterocycles. The quantitative estimate of drug-likeness (QED) is 0.648. The number of nitrogens with zero attached hydrogens (tertiary/aromatic N) is 1. The van der Waals surface area contributed by atoms with Gasteiger partial charge in [-0.25, -0.2) is 8.42 Å². The van der Waals surface area contributed by atoms with Gasteiger partial charge in [0, 0.05) is 12.6 Å². The number of ether oxygens (including phenoxy) is 1. The standard InChI is InChI=1S/C23H30N2O4S/c1-29-21-13-15-22(16-14-21)30(27,28)25(17-19-9-5-4-6-10-19)18-23(26)24-20-11-7-2-3-8-12-20/h4-6,9-10,13-16,20H,2-3,7-8,11-12,17-18H2,1H3,(H,24,26). The zero-order valence-corrected chi connectivity index (χ0v) is 18.2. The van der Waals surface area contributed by atoms with E-state index in [1.54, 1.807) is 12.1 Å². The number of sulfonamides is 1. The Kier molecular flexibility index (Phi) is 7.87. The second-order valence-electron chi connectivity index (χ2n) is 7.69. The summed E-state index contributed by atoms with van der Waals surface area (Å²) in [7, 11) is -2.32. The molecule has 1 amide bonds. The van der Waals surface area contributed by atoms with Crippen molar-refractivity contribution in [1.29, 1.82) is 0 Å². The smallest absolute Gasteiger partial charge is 0.243 e. The van der Waals surface area contributed by atoms with Crippen LogP contribution in [0, 0.1) is 0 Å². The number of carbonyl (C=O) groups excluding carboxylic acids is 1. The molecule has 1 aliphatic rings. The van der Waals surface area contributed by atoms with Crippen LogP contribution in [0.25, 0.3) is 0 Å². The van der Waals surface area contributed by atoms with E-state index in [9.17, 15) is 13.2 Å². The highest BCUT2D eigenvalue weighted by Gasteiger charge is 2.28. The Hall–Kier alpha value is -2.38. The third kappa shape index (κ3) is 6.06. The Morgan fingerprint density at radius 2 is 1.63 bits per heavy atom. The van der Waals surface area contributed by atoms with Crippen molar-refractivity contribution in [2.75, 3.05) is 13.7 Å². The van der Waals surface area contributed by atoms with Crippen LogP contribution in [-0.4, -0.2) is 38.3 Å². The van der Waals surface area contributed by atoms with Crippen molar-refractivity contribution < 1.29 is 17.9 Å². The van der Waals surface area contributed by atoms with Crippen LogP contribution in [-0.2, 0) is 21.4 Å². The van der Waals surface area contributed by atoms with Crippen LogP contribution in [0.4, 0.5) is 0 Å². The number of hydrogen-bond acceptors (Lipinski definition) is 4. The van der Waals surface area contributed by atoms with Gasteiger partial charge in [-0.2, -0.15) is 4.31 Å². The first-order valence-electron chi connectivity index (χ1n) is 10.5. The van der Waals surface area contributed by atoms with E-state index in [1.807, 2.05) is 30.3 Å². The molecule has 0 aliphatic heterocycles. The molecule has 7 heteroatoms. The fourth-order valence-electron chi connectivity index (χ4n) is 3.77. The minimum absolute atomic E-state index is 0.127. The minimum Gasteiger partial charge on any atom is -0.497 e. The molecule has 0 unspecified atom stereocenters. The van der Waals surface area contributed by atoms with Crippen molar-refractivity contribution in [3.63, 3.8) is 0 Å². The molecule has 0 bridgehead atoms. The highest BCUT2D eigenvalue weighted by atomic mass is 32.2. The third-order valence-corrected chi connectivity index (χ3v) is 7.25. The molecule has 0 atom stereocenters. The fourth-order valence-corrected chi connectivity index (χ4v) is 5.15. The third-order valence-electron chi connectivity index (χ3n) is 5.44. The molecule has 1 N–H and O–H groups in total. The average molecular weight is 431 g/mol. The van der Waals surface area contributed by atoms with Crippen LogP contribution in [0.5, 0.6) is 5.75 Å². The van der Waals surface area contributed by atoms with Gasteiger partial charge in [-0.3, -0.25) is 4.79 Å². The van der Waals surface area contributed by atoms with Crippen molar-refractivity contribution in [1.82, 2.24) is 9.62 Å². The monoisotopic (exact) mass is 430 g/mol. The lowest BCUT2D eigenvalue weighted by Crippen LogP contribution is -2.43. The predicted octanol–water partition coefficient (Wildman–Crippen LogP) is 3.73. The van der Waals surface area contributed by atoms with Crippen molar-refractivity contribution in [2.45, 2.75) is 56.0 Å².